The molecule has 1 aromatic rings. The van der Waals surface area contributed by atoms with Gasteiger partial charge in [-0.05, 0) is 37.8 Å². The van der Waals surface area contributed by atoms with Crippen molar-refractivity contribution in [2.75, 3.05) is 11.1 Å². The minimum absolute atomic E-state index is 0.109. The van der Waals surface area contributed by atoms with E-state index in [-0.39, 0.29) is 17.7 Å². The molecule has 0 spiro atoms. The van der Waals surface area contributed by atoms with Gasteiger partial charge in [0.1, 0.15) is 11.6 Å². The fourth-order valence-corrected chi connectivity index (χ4v) is 2.60. The number of hydrogen-bond acceptors (Lipinski definition) is 3. The van der Waals surface area contributed by atoms with Gasteiger partial charge in [-0.3, -0.25) is 0 Å². The molecular weight excluding hydrogens is 255 g/mol. The van der Waals surface area contributed by atoms with E-state index < -0.39 is 11.7 Å². The molecule has 1 aliphatic carbocycles. The van der Waals surface area contributed by atoms with Crippen LogP contribution in [0.3, 0.4) is 0 Å². The van der Waals surface area contributed by atoms with Crippen LogP contribution in [0.15, 0.2) is 12.1 Å². The molecule has 1 heterocycles. The van der Waals surface area contributed by atoms with E-state index in [0.717, 1.165) is 25.0 Å². The summed E-state index contributed by atoms with van der Waals surface area (Å²) in [7, 11) is 0. The number of aromatic nitrogens is 1. The van der Waals surface area contributed by atoms with E-state index in [0.29, 0.717) is 5.92 Å². The Kier molecular flexibility index (Phi) is 3.87. The molecule has 1 aliphatic rings. The van der Waals surface area contributed by atoms with E-state index in [1.54, 1.807) is 0 Å². The van der Waals surface area contributed by atoms with Gasteiger partial charge in [-0.25, -0.2) is 4.98 Å². The molecule has 3 N–H and O–H groups in total. The molecule has 0 radical (unpaired) electrons. The lowest BCUT2D eigenvalue weighted by atomic mass is 10.00. The van der Waals surface area contributed by atoms with Crippen molar-refractivity contribution in [1.29, 1.82) is 0 Å². The quantitative estimate of drug-likeness (QED) is 0.883. The summed E-state index contributed by atoms with van der Waals surface area (Å²) in [5, 5.41) is 3.05. The van der Waals surface area contributed by atoms with Crippen molar-refractivity contribution in [2.24, 2.45) is 5.92 Å². The first-order valence-electron chi connectivity index (χ1n) is 6.47. The standard InChI is InChI=1S/C13H18F3N3/c1-8(9-4-2-3-5-9)18-12-7-10(13(14,15)16)6-11(17)19-12/h6-9H,2-5H2,1H3,(H3,17,18,19). The van der Waals surface area contributed by atoms with Crippen molar-refractivity contribution in [1.82, 2.24) is 4.98 Å². The Morgan fingerprint density at radius 1 is 1.32 bits per heavy atom. The zero-order valence-corrected chi connectivity index (χ0v) is 10.8. The maximum Gasteiger partial charge on any atom is 0.416 e. The Bertz CT molecular complexity index is 439. The van der Waals surface area contributed by atoms with Crippen LogP contribution in [0.5, 0.6) is 0 Å². The first-order chi connectivity index (χ1) is 8.86. The zero-order chi connectivity index (χ0) is 14.0. The highest BCUT2D eigenvalue weighted by atomic mass is 19.4. The molecule has 0 bridgehead atoms. The van der Waals surface area contributed by atoms with Crippen LogP contribution in [0.2, 0.25) is 0 Å². The SMILES string of the molecule is CC(Nc1cc(C(F)(F)F)cc(N)n1)C1CCCC1. The van der Waals surface area contributed by atoms with Crippen LogP contribution in [0.1, 0.15) is 38.2 Å². The molecule has 106 valence electrons. The van der Waals surface area contributed by atoms with Crippen molar-refractivity contribution in [3.8, 4) is 0 Å². The molecular formula is C13H18F3N3. The highest BCUT2D eigenvalue weighted by molar-refractivity contribution is 5.48. The van der Waals surface area contributed by atoms with E-state index in [4.69, 9.17) is 5.73 Å². The van der Waals surface area contributed by atoms with Crippen LogP contribution in [-0.2, 0) is 6.18 Å². The molecule has 6 heteroatoms. The summed E-state index contributed by atoms with van der Waals surface area (Å²) in [4.78, 5) is 3.93. The predicted molar refractivity (Wildman–Crippen MR) is 68.7 cm³/mol. The number of nitrogens with two attached hydrogens (primary N) is 1. The Labute approximate surface area is 110 Å². The van der Waals surface area contributed by atoms with Gasteiger partial charge in [-0.1, -0.05) is 12.8 Å². The molecule has 2 rings (SSSR count). The number of anilines is 2. The third kappa shape index (κ3) is 3.52. The van der Waals surface area contributed by atoms with Crippen molar-refractivity contribution >= 4 is 11.6 Å². The Morgan fingerprint density at radius 2 is 1.95 bits per heavy atom. The second kappa shape index (κ2) is 5.27. The minimum Gasteiger partial charge on any atom is -0.384 e. The fraction of sp³-hybridized carbons (Fsp3) is 0.615. The number of nitrogen functional groups attached to an aromatic ring is 1. The summed E-state index contributed by atoms with van der Waals surface area (Å²) in [5.74, 6) is 0.584. The molecule has 19 heavy (non-hydrogen) atoms. The van der Waals surface area contributed by atoms with E-state index in [2.05, 4.69) is 10.3 Å². The van der Waals surface area contributed by atoms with Crippen LogP contribution < -0.4 is 11.1 Å². The second-order valence-electron chi connectivity index (χ2n) is 5.14. The monoisotopic (exact) mass is 273 g/mol. The molecule has 0 aromatic carbocycles. The van der Waals surface area contributed by atoms with E-state index >= 15 is 0 Å². The lowest BCUT2D eigenvalue weighted by Crippen LogP contribution is -2.24. The van der Waals surface area contributed by atoms with Crippen molar-refractivity contribution < 1.29 is 13.2 Å². The summed E-state index contributed by atoms with van der Waals surface area (Å²) in [6.07, 6.45) is 0.207. The minimum atomic E-state index is -4.40. The van der Waals surface area contributed by atoms with E-state index in [1.165, 1.54) is 12.8 Å². The maximum atomic E-state index is 12.7. The highest BCUT2D eigenvalue weighted by Crippen LogP contribution is 2.33. The second-order valence-corrected chi connectivity index (χ2v) is 5.14. The van der Waals surface area contributed by atoms with Gasteiger partial charge in [0.15, 0.2) is 0 Å². The largest absolute Gasteiger partial charge is 0.416 e. The third-order valence-corrected chi connectivity index (χ3v) is 3.65. The van der Waals surface area contributed by atoms with Crippen molar-refractivity contribution in [3.63, 3.8) is 0 Å². The molecule has 0 aliphatic heterocycles. The number of alkyl halides is 3. The zero-order valence-electron chi connectivity index (χ0n) is 10.8. The summed E-state index contributed by atoms with van der Waals surface area (Å²) in [5.41, 5.74) is 4.67. The molecule has 1 aromatic heterocycles. The Hall–Kier alpha value is -1.46. The number of rotatable bonds is 3. The van der Waals surface area contributed by atoms with Gasteiger partial charge in [0.2, 0.25) is 0 Å². The van der Waals surface area contributed by atoms with Gasteiger partial charge in [0.05, 0.1) is 5.56 Å². The Balaban J connectivity index is 2.13. The van der Waals surface area contributed by atoms with Crippen molar-refractivity contribution in [2.45, 2.75) is 44.8 Å². The van der Waals surface area contributed by atoms with Crippen LogP contribution in [0, 0.1) is 5.92 Å². The first-order valence-corrected chi connectivity index (χ1v) is 6.47. The van der Waals surface area contributed by atoms with Crippen LogP contribution in [0.25, 0.3) is 0 Å². The normalized spacial score (nSPS) is 18.5. The van der Waals surface area contributed by atoms with E-state index in [1.807, 2.05) is 6.92 Å². The van der Waals surface area contributed by atoms with E-state index in [9.17, 15) is 13.2 Å². The summed E-state index contributed by atoms with van der Waals surface area (Å²) >= 11 is 0. The average Bonchev–Trinajstić information content (AvgIpc) is 2.80. The fourth-order valence-electron chi connectivity index (χ4n) is 2.60. The number of pyridine rings is 1. The molecule has 1 fully saturated rings. The summed E-state index contributed by atoms with van der Waals surface area (Å²) in [6.45, 7) is 1.98. The highest BCUT2D eigenvalue weighted by Gasteiger charge is 2.32. The van der Waals surface area contributed by atoms with Gasteiger partial charge < -0.3 is 11.1 Å². The average molecular weight is 273 g/mol. The number of nitrogens with zero attached hydrogens (tertiary/aromatic N) is 1. The Morgan fingerprint density at radius 3 is 2.53 bits per heavy atom. The predicted octanol–water partition coefficient (Wildman–Crippen LogP) is 3.67. The lowest BCUT2D eigenvalue weighted by molar-refractivity contribution is -0.137. The van der Waals surface area contributed by atoms with Crippen LogP contribution >= 0.6 is 0 Å². The molecule has 0 saturated heterocycles. The molecule has 3 nitrogen and oxygen atoms in total. The van der Waals surface area contributed by atoms with Gasteiger partial charge >= 0.3 is 6.18 Å². The topological polar surface area (TPSA) is 50.9 Å². The van der Waals surface area contributed by atoms with Gasteiger partial charge in [-0.2, -0.15) is 13.2 Å². The maximum absolute atomic E-state index is 12.7. The van der Waals surface area contributed by atoms with Crippen molar-refractivity contribution in [3.05, 3.63) is 17.7 Å². The molecule has 1 atom stereocenters. The first kappa shape index (κ1) is 14.0. The number of nitrogens with one attached hydrogen (secondary N) is 1. The van der Waals surface area contributed by atoms with Gasteiger partial charge in [0, 0.05) is 6.04 Å². The third-order valence-electron chi connectivity index (χ3n) is 3.65. The summed E-state index contributed by atoms with van der Waals surface area (Å²) < 4.78 is 38.0. The van der Waals surface area contributed by atoms with Gasteiger partial charge in [0.25, 0.3) is 0 Å². The number of hydrogen-bond donors (Lipinski definition) is 2. The lowest BCUT2D eigenvalue weighted by Gasteiger charge is -2.21. The molecule has 1 unspecified atom stereocenters. The van der Waals surface area contributed by atoms with Gasteiger partial charge in [-0.15, -0.1) is 0 Å². The van der Waals surface area contributed by atoms with Crippen LogP contribution in [-0.4, -0.2) is 11.0 Å². The smallest absolute Gasteiger partial charge is 0.384 e. The number of halogens is 3. The summed E-state index contributed by atoms with van der Waals surface area (Å²) in [6, 6.07) is 1.98. The molecule has 1 saturated carbocycles. The van der Waals surface area contributed by atoms with Crippen LogP contribution in [0.4, 0.5) is 24.8 Å². The molecule has 0 amide bonds.